The lowest BCUT2D eigenvalue weighted by molar-refractivity contribution is 1.14. The van der Waals surface area contributed by atoms with Gasteiger partial charge in [0.2, 0.25) is 5.95 Å². The van der Waals surface area contributed by atoms with Gasteiger partial charge in [0.15, 0.2) is 0 Å². The zero-order chi connectivity index (χ0) is 18.5. The Morgan fingerprint density at radius 2 is 1.78 bits per heavy atom. The number of nitrogens with one attached hydrogen (secondary N) is 2. The molecule has 0 aliphatic carbocycles. The molecule has 0 atom stereocenters. The van der Waals surface area contributed by atoms with Crippen LogP contribution >= 0.6 is 0 Å². The Labute approximate surface area is 157 Å². The first-order chi connectivity index (χ1) is 13.3. The van der Waals surface area contributed by atoms with Crippen LogP contribution in [0, 0.1) is 0 Å². The van der Waals surface area contributed by atoms with Crippen LogP contribution in [0.15, 0.2) is 85.6 Å². The van der Waals surface area contributed by atoms with Crippen molar-refractivity contribution in [2.75, 3.05) is 17.2 Å². The Morgan fingerprint density at radius 1 is 0.926 bits per heavy atom. The standard InChI is InChI=1S/C22H19N5/c1-2-13-23-20-15-19(16-8-4-3-5-9-16)26-22(27-20)25-18-12-6-10-17-11-7-14-24-21(17)18/h2-12,14-15H,1,13H2,(H2,23,25,26,27). The van der Waals surface area contributed by atoms with Gasteiger partial charge in [-0.1, -0.05) is 54.6 Å². The van der Waals surface area contributed by atoms with Crippen LogP contribution in [0.3, 0.4) is 0 Å². The van der Waals surface area contributed by atoms with E-state index in [1.54, 1.807) is 12.3 Å². The van der Waals surface area contributed by atoms with E-state index in [4.69, 9.17) is 4.98 Å². The van der Waals surface area contributed by atoms with Gasteiger partial charge in [-0.15, -0.1) is 6.58 Å². The van der Waals surface area contributed by atoms with Gasteiger partial charge < -0.3 is 10.6 Å². The highest BCUT2D eigenvalue weighted by molar-refractivity contribution is 5.91. The average molecular weight is 353 g/mol. The maximum atomic E-state index is 4.70. The van der Waals surface area contributed by atoms with Crippen molar-refractivity contribution in [2.24, 2.45) is 0 Å². The first-order valence-corrected chi connectivity index (χ1v) is 8.73. The number of anilines is 3. The molecule has 2 aromatic carbocycles. The van der Waals surface area contributed by atoms with Gasteiger partial charge in [-0.25, -0.2) is 4.98 Å². The summed E-state index contributed by atoms with van der Waals surface area (Å²) in [6.07, 6.45) is 3.58. The fourth-order valence-electron chi connectivity index (χ4n) is 2.85. The summed E-state index contributed by atoms with van der Waals surface area (Å²) >= 11 is 0. The molecule has 0 aliphatic rings. The molecule has 2 heterocycles. The van der Waals surface area contributed by atoms with Gasteiger partial charge in [0, 0.05) is 29.8 Å². The highest BCUT2D eigenvalue weighted by Crippen LogP contribution is 2.26. The van der Waals surface area contributed by atoms with Crippen molar-refractivity contribution in [3.05, 3.63) is 85.6 Å². The molecule has 4 rings (SSSR count). The second kappa shape index (κ2) is 7.66. The Kier molecular flexibility index (Phi) is 4.74. The third-order valence-corrected chi connectivity index (χ3v) is 4.10. The predicted octanol–water partition coefficient (Wildman–Crippen LogP) is 5.03. The van der Waals surface area contributed by atoms with Crippen molar-refractivity contribution in [1.82, 2.24) is 15.0 Å². The highest BCUT2D eigenvalue weighted by atomic mass is 15.1. The molecule has 2 aromatic heterocycles. The van der Waals surface area contributed by atoms with Gasteiger partial charge in [0.1, 0.15) is 5.82 Å². The van der Waals surface area contributed by atoms with Crippen molar-refractivity contribution >= 4 is 28.4 Å². The molecule has 2 N–H and O–H groups in total. The van der Waals surface area contributed by atoms with Crippen LogP contribution in [0.2, 0.25) is 0 Å². The second-order valence-corrected chi connectivity index (χ2v) is 6.00. The number of hydrogen-bond acceptors (Lipinski definition) is 5. The zero-order valence-electron chi connectivity index (χ0n) is 14.8. The van der Waals surface area contributed by atoms with Crippen molar-refractivity contribution < 1.29 is 0 Å². The van der Waals surface area contributed by atoms with Crippen molar-refractivity contribution in [1.29, 1.82) is 0 Å². The molecule has 132 valence electrons. The van der Waals surface area contributed by atoms with Crippen molar-refractivity contribution in [2.45, 2.75) is 0 Å². The number of para-hydroxylation sites is 1. The maximum Gasteiger partial charge on any atom is 0.229 e. The number of fused-ring (bicyclic) bond motifs is 1. The van der Waals surface area contributed by atoms with Crippen LogP contribution in [0.1, 0.15) is 0 Å². The van der Waals surface area contributed by atoms with E-state index in [2.05, 4.69) is 27.2 Å². The smallest absolute Gasteiger partial charge is 0.229 e. The van der Waals surface area contributed by atoms with E-state index in [-0.39, 0.29) is 0 Å². The minimum atomic E-state index is 0.515. The van der Waals surface area contributed by atoms with Crippen LogP contribution < -0.4 is 10.6 Å². The Hall–Kier alpha value is -3.73. The highest BCUT2D eigenvalue weighted by Gasteiger charge is 2.09. The minimum Gasteiger partial charge on any atom is -0.366 e. The first kappa shape index (κ1) is 16.7. The fraction of sp³-hybridized carbons (Fsp3) is 0.0455. The quantitative estimate of drug-likeness (QED) is 0.476. The van der Waals surface area contributed by atoms with E-state index in [1.807, 2.05) is 66.7 Å². The van der Waals surface area contributed by atoms with E-state index in [0.29, 0.717) is 12.5 Å². The number of pyridine rings is 1. The van der Waals surface area contributed by atoms with Crippen LogP contribution in [-0.2, 0) is 0 Å². The summed E-state index contributed by atoms with van der Waals surface area (Å²) in [7, 11) is 0. The second-order valence-electron chi connectivity index (χ2n) is 6.00. The van der Waals surface area contributed by atoms with E-state index >= 15 is 0 Å². The van der Waals surface area contributed by atoms with Gasteiger partial charge in [0.05, 0.1) is 16.9 Å². The van der Waals surface area contributed by atoms with E-state index in [0.717, 1.165) is 33.7 Å². The number of hydrogen-bond donors (Lipinski definition) is 2. The fourth-order valence-corrected chi connectivity index (χ4v) is 2.85. The summed E-state index contributed by atoms with van der Waals surface area (Å²) in [4.78, 5) is 13.8. The number of aromatic nitrogens is 3. The first-order valence-electron chi connectivity index (χ1n) is 8.73. The molecule has 0 aliphatic heterocycles. The van der Waals surface area contributed by atoms with E-state index in [9.17, 15) is 0 Å². The average Bonchev–Trinajstić information content (AvgIpc) is 2.73. The predicted molar refractivity (Wildman–Crippen MR) is 111 cm³/mol. The summed E-state index contributed by atoms with van der Waals surface area (Å²) in [5.74, 6) is 1.25. The summed E-state index contributed by atoms with van der Waals surface area (Å²) in [5, 5.41) is 7.63. The molecule has 0 amide bonds. The summed E-state index contributed by atoms with van der Waals surface area (Å²) in [6, 6.07) is 21.9. The van der Waals surface area contributed by atoms with Crippen molar-refractivity contribution in [3.63, 3.8) is 0 Å². The molecule has 0 spiro atoms. The third kappa shape index (κ3) is 3.77. The monoisotopic (exact) mass is 353 g/mol. The molecule has 5 heteroatoms. The third-order valence-electron chi connectivity index (χ3n) is 4.10. The van der Waals surface area contributed by atoms with Crippen LogP contribution in [-0.4, -0.2) is 21.5 Å². The van der Waals surface area contributed by atoms with E-state index < -0.39 is 0 Å². The summed E-state index contributed by atoms with van der Waals surface area (Å²) in [6.45, 7) is 4.38. The molecule has 0 radical (unpaired) electrons. The molecule has 0 bridgehead atoms. The Bertz CT molecular complexity index is 1070. The van der Waals surface area contributed by atoms with Crippen LogP contribution in [0.5, 0.6) is 0 Å². The lowest BCUT2D eigenvalue weighted by Gasteiger charge is -2.12. The topological polar surface area (TPSA) is 62.7 Å². The van der Waals surface area contributed by atoms with E-state index in [1.165, 1.54) is 0 Å². The van der Waals surface area contributed by atoms with Gasteiger partial charge in [-0.2, -0.15) is 4.98 Å². The molecule has 0 fully saturated rings. The molecular formula is C22H19N5. The number of nitrogens with zero attached hydrogens (tertiary/aromatic N) is 3. The van der Waals surface area contributed by atoms with Gasteiger partial charge in [0.25, 0.3) is 0 Å². The molecule has 0 saturated heterocycles. The van der Waals surface area contributed by atoms with Gasteiger partial charge in [-0.3, -0.25) is 4.98 Å². The molecule has 0 unspecified atom stereocenters. The van der Waals surface area contributed by atoms with Crippen LogP contribution in [0.25, 0.3) is 22.2 Å². The minimum absolute atomic E-state index is 0.515. The zero-order valence-corrected chi connectivity index (χ0v) is 14.8. The largest absolute Gasteiger partial charge is 0.366 e. The Balaban J connectivity index is 1.75. The lowest BCUT2D eigenvalue weighted by atomic mass is 10.1. The molecule has 0 saturated carbocycles. The van der Waals surface area contributed by atoms with Crippen LogP contribution in [0.4, 0.5) is 17.5 Å². The molecule has 5 nitrogen and oxygen atoms in total. The van der Waals surface area contributed by atoms with Crippen molar-refractivity contribution in [3.8, 4) is 11.3 Å². The maximum absolute atomic E-state index is 4.70. The molecule has 4 aromatic rings. The normalized spacial score (nSPS) is 10.5. The Morgan fingerprint density at radius 3 is 2.63 bits per heavy atom. The number of benzene rings is 2. The SMILES string of the molecule is C=CCNc1cc(-c2ccccc2)nc(Nc2cccc3cccnc23)n1. The number of rotatable bonds is 6. The lowest BCUT2D eigenvalue weighted by Crippen LogP contribution is -2.05. The van der Waals surface area contributed by atoms with Gasteiger partial charge >= 0.3 is 0 Å². The molecular weight excluding hydrogens is 334 g/mol. The summed E-state index contributed by atoms with van der Waals surface area (Å²) < 4.78 is 0. The van der Waals surface area contributed by atoms with Gasteiger partial charge in [-0.05, 0) is 12.1 Å². The summed E-state index contributed by atoms with van der Waals surface area (Å²) in [5.41, 5.74) is 3.62. The molecule has 27 heavy (non-hydrogen) atoms.